The van der Waals surface area contributed by atoms with Gasteiger partial charge in [-0.25, -0.2) is 4.98 Å². The van der Waals surface area contributed by atoms with Gasteiger partial charge in [-0.3, -0.25) is 0 Å². The quantitative estimate of drug-likeness (QED) is 0.856. The van der Waals surface area contributed by atoms with Crippen LogP contribution in [0.1, 0.15) is 56.2 Å². The molecule has 0 aliphatic heterocycles. The van der Waals surface area contributed by atoms with E-state index in [9.17, 15) is 0 Å². The standard InChI is InChI=1S/C14H26N2S/c1-9(2)14(6,7)8-15-10(3)13-11(4)16-12(5)17-13/h9-10,15H,8H2,1-7H3. The van der Waals surface area contributed by atoms with Crippen molar-refractivity contribution < 1.29 is 0 Å². The number of hydrogen-bond acceptors (Lipinski definition) is 3. The first-order chi connectivity index (χ1) is 7.74. The first-order valence-electron chi connectivity index (χ1n) is 6.41. The minimum Gasteiger partial charge on any atom is -0.309 e. The molecule has 0 spiro atoms. The normalized spacial score (nSPS) is 14.4. The number of rotatable bonds is 5. The van der Waals surface area contributed by atoms with Crippen molar-refractivity contribution in [1.82, 2.24) is 10.3 Å². The number of hydrogen-bond donors (Lipinski definition) is 1. The van der Waals surface area contributed by atoms with Gasteiger partial charge in [0.05, 0.1) is 10.7 Å². The van der Waals surface area contributed by atoms with E-state index in [-0.39, 0.29) is 0 Å². The smallest absolute Gasteiger partial charge is 0.0900 e. The SMILES string of the molecule is Cc1nc(C)c(C(C)NCC(C)(C)C(C)C)s1. The Morgan fingerprint density at radius 3 is 2.24 bits per heavy atom. The molecule has 0 radical (unpaired) electrons. The van der Waals surface area contributed by atoms with E-state index in [0.717, 1.165) is 11.6 Å². The van der Waals surface area contributed by atoms with E-state index in [0.29, 0.717) is 17.4 Å². The number of aromatic nitrogens is 1. The molecule has 0 fully saturated rings. The largest absolute Gasteiger partial charge is 0.309 e. The van der Waals surface area contributed by atoms with Gasteiger partial charge in [0.2, 0.25) is 0 Å². The molecule has 0 amide bonds. The van der Waals surface area contributed by atoms with Crippen molar-refractivity contribution in [1.29, 1.82) is 0 Å². The third-order valence-electron chi connectivity index (χ3n) is 3.76. The van der Waals surface area contributed by atoms with Gasteiger partial charge in [-0.2, -0.15) is 0 Å². The van der Waals surface area contributed by atoms with Crippen LogP contribution in [-0.2, 0) is 0 Å². The van der Waals surface area contributed by atoms with Gasteiger partial charge in [0.25, 0.3) is 0 Å². The van der Waals surface area contributed by atoms with E-state index in [1.807, 2.05) is 11.3 Å². The molecule has 98 valence electrons. The molecule has 1 unspecified atom stereocenters. The Hall–Kier alpha value is -0.410. The van der Waals surface area contributed by atoms with E-state index in [2.05, 4.69) is 58.8 Å². The molecule has 1 heterocycles. The Balaban J connectivity index is 2.62. The molecule has 0 saturated carbocycles. The zero-order valence-corrected chi connectivity index (χ0v) is 13.0. The second kappa shape index (κ2) is 5.49. The summed E-state index contributed by atoms with van der Waals surface area (Å²) in [4.78, 5) is 5.87. The Labute approximate surface area is 110 Å². The van der Waals surface area contributed by atoms with Crippen LogP contribution in [0.4, 0.5) is 0 Å². The third-order valence-corrected chi connectivity index (χ3v) is 5.02. The second-order valence-electron chi connectivity index (χ2n) is 5.93. The van der Waals surface area contributed by atoms with E-state index in [1.165, 1.54) is 10.6 Å². The number of nitrogens with zero attached hydrogens (tertiary/aromatic N) is 1. The van der Waals surface area contributed by atoms with Crippen LogP contribution in [0.5, 0.6) is 0 Å². The molecule has 2 nitrogen and oxygen atoms in total. The predicted molar refractivity (Wildman–Crippen MR) is 76.6 cm³/mol. The maximum atomic E-state index is 4.49. The van der Waals surface area contributed by atoms with Gasteiger partial charge in [-0.1, -0.05) is 27.7 Å². The van der Waals surface area contributed by atoms with Crippen LogP contribution in [0.15, 0.2) is 0 Å². The summed E-state index contributed by atoms with van der Waals surface area (Å²) in [6.45, 7) is 16.7. The Morgan fingerprint density at radius 2 is 1.82 bits per heavy atom. The van der Waals surface area contributed by atoms with Crippen LogP contribution < -0.4 is 5.32 Å². The van der Waals surface area contributed by atoms with Gasteiger partial charge >= 0.3 is 0 Å². The molecule has 17 heavy (non-hydrogen) atoms. The lowest BCUT2D eigenvalue weighted by molar-refractivity contribution is 0.231. The molecule has 0 saturated heterocycles. The van der Waals surface area contributed by atoms with Gasteiger partial charge < -0.3 is 5.32 Å². The highest BCUT2D eigenvalue weighted by Gasteiger charge is 2.23. The Morgan fingerprint density at radius 1 is 1.24 bits per heavy atom. The lowest BCUT2D eigenvalue weighted by Gasteiger charge is -2.31. The minimum absolute atomic E-state index is 0.335. The van der Waals surface area contributed by atoms with Gasteiger partial charge in [-0.15, -0.1) is 11.3 Å². The summed E-state index contributed by atoms with van der Waals surface area (Å²) < 4.78 is 0. The summed E-state index contributed by atoms with van der Waals surface area (Å²) in [5.74, 6) is 0.687. The van der Waals surface area contributed by atoms with Gasteiger partial charge in [0, 0.05) is 17.5 Å². The first-order valence-corrected chi connectivity index (χ1v) is 7.23. The van der Waals surface area contributed by atoms with Crippen molar-refractivity contribution in [2.75, 3.05) is 6.54 Å². The fourth-order valence-electron chi connectivity index (χ4n) is 1.66. The van der Waals surface area contributed by atoms with Crippen LogP contribution in [-0.4, -0.2) is 11.5 Å². The zero-order valence-electron chi connectivity index (χ0n) is 12.2. The average Bonchev–Trinajstić information content (AvgIpc) is 2.54. The highest BCUT2D eigenvalue weighted by molar-refractivity contribution is 7.11. The van der Waals surface area contributed by atoms with Crippen molar-refractivity contribution >= 4 is 11.3 Å². The van der Waals surface area contributed by atoms with Crippen molar-refractivity contribution in [3.8, 4) is 0 Å². The number of nitrogens with one attached hydrogen (secondary N) is 1. The van der Waals surface area contributed by atoms with Crippen molar-refractivity contribution in [2.24, 2.45) is 11.3 Å². The Kier molecular flexibility index (Phi) is 4.73. The topological polar surface area (TPSA) is 24.9 Å². The molecule has 1 rings (SSSR count). The molecule has 0 bridgehead atoms. The second-order valence-corrected chi connectivity index (χ2v) is 7.16. The summed E-state index contributed by atoms with van der Waals surface area (Å²) in [6, 6.07) is 0.402. The number of thiazole rings is 1. The zero-order chi connectivity index (χ0) is 13.2. The first kappa shape index (κ1) is 14.7. The summed E-state index contributed by atoms with van der Waals surface area (Å²) >= 11 is 1.81. The third kappa shape index (κ3) is 3.78. The molecule has 1 aromatic rings. The molecular weight excluding hydrogens is 228 g/mol. The number of aryl methyl sites for hydroxylation is 2. The molecule has 0 aliphatic carbocycles. The van der Waals surface area contributed by atoms with E-state index >= 15 is 0 Å². The van der Waals surface area contributed by atoms with Gasteiger partial charge in [0.1, 0.15) is 0 Å². The van der Waals surface area contributed by atoms with E-state index < -0.39 is 0 Å². The summed E-state index contributed by atoms with van der Waals surface area (Å²) in [7, 11) is 0. The highest BCUT2D eigenvalue weighted by atomic mass is 32.1. The average molecular weight is 254 g/mol. The molecule has 1 atom stereocenters. The lowest BCUT2D eigenvalue weighted by atomic mass is 9.81. The lowest BCUT2D eigenvalue weighted by Crippen LogP contribution is -2.34. The predicted octanol–water partition coefficient (Wildman–Crippen LogP) is 4.09. The highest BCUT2D eigenvalue weighted by Crippen LogP contribution is 2.28. The van der Waals surface area contributed by atoms with Crippen molar-refractivity contribution in [3.05, 3.63) is 15.6 Å². The monoisotopic (exact) mass is 254 g/mol. The molecule has 1 N–H and O–H groups in total. The van der Waals surface area contributed by atoms with Crippen molar-refractivity contribution in [2.45, 2.75) is 54.5 Å². The summed E-state index contributed by atoms with van der Waals surface area (Å²) in [6.07, 6.45) is 0. The fraction of sp³-hybridized carbons (Fsp3) is 0.786. The molecule has 0 aliphatic rings. The van der Waals surface area contributed by atoms with E-state index in [1.54, 1.807) is 0 Å². The Bertz CT molecular complexity index is 366. The van der Waals surface area contributed by atoms with Crippen LogP contribution in [0.2, 0.25) is 0 Å². The molecular formula is C14H26N2S. The van der Waals surface area contributed by atoms with Crippen LogP contribution in [0.3, 0.4) is 0 Å². The maximum absolute atomic E-state index is 4.49. The summed E-state index contributed by atoms with van der Waals surface area (Å²) in [5.41, 5.74) is 1.51. The van der Waals surface area contributed by atoms with Crippen molar-refractivity contribution in [3.63, 3.8) is 0 Å². The van der Waals surface area contributed by atoms with Crippen LogP contribution in [0, 0.1) is 25.2 Å². The maximum Gasteiger partial charge on any atom is 0.0900 e. The van der Waals surface area contributed by atoms with Gasteiger partial charge in [-0.05, 0) is 32.1 Å². The summed E-state index contributed by atoms with van der Waals surface area (Å²) in [5, 5.41) is 4.81. The van der Waals surface area contributed by atoms with Crippen LogP contribution >= 0.6 is 11.3 Å². The molecule has 3 heteroatoms. The van der Waals surface area contributed by atoms with E-state index in [4.69, 9.17) is 0 Å². The molecule has 0 aromatic carbocycles. The molecule has 1 aromatic heterocycles. The fourth-order valence-corrected chi connectivity index (χ4v) is 2.62. The van der Waals surface area contributed by atoms with Gasteiger partial charge in [0.15, 0.2) is 0 Å². The van der Waals surface area contributed by atoms with Crippen LogP contribution in [0.25, 0.3) is 0 Å². The minimum atomic E-state index is 0.335.